The molecule has 0 aliphatic heterocycles. The van der Waals surface area contributed by atoms with Gasteiger partial charge in [0.05, 0.1) is 5.25 Å². The van der Waals surface area contributed by atoms with E-state index in [1.807, 2.05) is 61.5 Å². The van der Waals surface area contributed by atoms with Gasteiger partial charge in [0.1, 0.15) is 5.52 Å². The predicted molar refractivity (Wildman–Crippen MR) is 104 cm³/mol. The molecule has 2 heterocycles. The van der Waals surface area contributed by atoms with Gasteiger partial charge in [-0.15, -0.1) is 10.2 Å². The van der Waals surface area contributed by atoms with Crippen molar-refractivity contribution in [2.45, 2.75) is 23.8 Å². The molecule has 0 fully saturated rings. The maximum Gasteiger partial charge on any atom is 0.237 e. The first-order valence-electron chi connectivity index (χ1n) is 8.38. The zero-order valence-corrected chi connectivity index (χ0v) is 15.0. The highest BCUT2D eigenvalue weighted by Gasteiger charge is 2.20. The number of aromatic nitrogens is 4. The topological polar surface area (TPSA) is 83.6 Å². The summed E-state index contributed by atoms with van der Waals surface area (Å²) in [7, 11) is 0. The van der Waals surface area contributed by atoms with Crippen LogP contribution in [0.2, 0.25) is 0 Å². The summed E-state index contributed by atoms with van der Waals surface area (Å²) in [6.45, 7) is 1.97. The van der Waals surface area contributed by atoms with Gasteiger partial charge in [-0.1, -0.05) is 55.1 Å². The molecule has 6 nitrogen and oxygen atoms in total. The third kappa shape index (κ3) is 3.25. The molecule has 130 valence electrons. The Hall–Kier alpha value is -2.93. The van der Waals surface area contributed by atoms with Crippen molar-refractivity contribution in [3.05, 3.63) is 54.6 Å². The molecular weight excluding hydrogens is 346 g/mol. The SMILES string of the molecule is CCC(Sc1nnc2c(n1)[nH]c1ccccc12)C(=O)Nc1ccccc1. The van der Waals surface area contributed by atoms with Gasteiger partial charge in [-0.2, -0.15) is 0 Å². The van der Waals surface area contributed by atoms with Crippen LogP contribution in [0, 0.1) is 0 Å². The Morgan fingerprint density at radius 2 is 1.88 bits per heavy atom. The first-order chi connectivity index (χ1) is 12.7. The van der Waals surface area contributed by atoms with Crippen molar-refractivity contribution in [2.75, 3.05) is 5.32 Å². The summed E-state index contributed by atoms with van der Waals surface area (Å²) in [5, 5.41) is 12.6. The maximum atomic E-state index is 12.5. The summed E-state index contributed by atoms with van der Waals surface area (Å²) in [6.07, 6.45) is 0.664. The zero-order valence-electron chi connectivity index (χ0n) is 14.1. The van der Waals surface area contributed by atoms with E-state index in [4.69, 9.17) is 0 Å². The molecule has 0 bridgehead atoms. The van der Waals surface area contributed by atoms with Crippen LogP contribution in [0.3, 0.4) is 0 Å². The second-order valence-electron chi connectivity index (χ2n) is 5.83. The second-order valence-corrected chi connectivity index (χ2v) is 7.00. The summed E-state index contributed by atoms with van der Waals surface area (Å²) in [5.41, 5.74) is 3.18. The molecule has 0 radical (unpaired) electrons. The number of amides is 1. The Morgan fingerprint density at radius 3 is 2.69 bits per heavy atom. The Kier molecular flexibility index (Phi) is 4.53. The lowest BCUT2D eigenvalue weighted by atomic mass is 10.2. The van der Waals surface area contributed by atoms with Crippen LogP contribution in [0.5, 0.6) is 0 Å². The number of thioether (sulfide) groups is 1. The number of benzene rings is 2. The van der Waals surface area contributed by atoms with E-state index in [-0.39, 0.29) is 11.2 Å². The largest absolute Gasteiger partial charge is 0.338 e. The van der Waals surface area contributed by atoms with Crippen LogP contribution in [0.25, 0.3) is 22.1 Å². The number of carbonyl (C=O) groups is 1. The average Bonchev–Trinajstić information content (AvgIpc) is 3.04. The lowest BCUT2D eigenvalue weighted by Crippen LogP contribution is -2.24. The Morgan fingerprint density at radius 1 is 1.12 bits per heavy atom. The molecule has 2 N–H and O–H groups in total. The molecule has 4 aromatic rings. The number of nitrogens with one attached hydrogen (secondary N) is 2. The van der Waals surface area contributed by atoms with Gasteiger partial charge < -0.3 is 10.3 Å². The minimum absolute atomic E-state index is 0.0657. The molecular formula is C19H17N5OS. The highest BCUT2D eigenvalue weighted by atomic mass is 32.2. The number of H-pyrrole nitrogens is 1. The van der Waals surface area contributed by atoms with Crippen molar-refractivity contribution in [2.24, 2.45) is 0 Å². The maximum absolute atomic E-state index is 12.5. The van der Waals surface area contributed by atoms with Gasteiger partial charge in [0.25, 0.3) is 0 Å². The van der Waals surface area contributed by atoms with Crippen LogP contribution in [0.15, 0.2) is 59.8 Å². The Bertz CT molecular complexity index is 1060. The molecule has 1 amide bonds. The van der Waals surface area contributed by atoms with Crippen molar-refractivity contribution in [1.29, 1.82) is 0 Å². The molecule has 2 aromatic heterocycles. The number of nitrogens with zero attached hydrogens (tertiary/aromatic N) is 3. The minimum atomic E-state index is -0.293. The number of hydrogen-bond donors (Lipinski definition) is 2. The summed E-state index contributed by atoms with van der Waals surface area (Å²) in [5.74, 6) is -0.0657. The first kappa shape index (κ1) is 16.5. The van der Waals surface area contributed by atoms with Gasteiger partial charge >= 0.3 is 0 Å². The summed E-state index contributed by atoms with van der Waals surface area (Å²) in [4.78, 5) is 20.3. The number of anilines is 1. The van der Waals surface area contributed by atoms with E-state index in [1.54, 1.807) is 0 Å². The molecule has 0 saturated heterocycles. The van der Waals surface area contributed by atoms with Crippen LogP contribution in [0.4, 0.5) is 5.69 Å². The second kappa shape index (κ2) is 7.13. The van der Waals surface area contributed by atoms with Crippen molar-refractivity contribution in [3.63, 3.8) is 0 Å². The highest BCUT2D eigenvalue weighted by Crippen LogP contribution is 2.26. The third-order valence-electron chi connectivity index (χ3n) is 4.05. The standard InChI is InChI=1S/C19H17N5OS/c1-2-15(18(25)20-12-8-4-3-5-9-12)26-19-22-17-16(23-24-19)13-10-6-7-11-14(13)21-17/h3-11,15H,2H2,1H3,(H,20,25)(H,21,22,24). The number of para-hydroxylation sites is 2. The van der Waals surface area contributed by atoms with Gasteiger partial charge in [-0.25, -0.2) is 4.98 Å². The molecule has 2 aromatic carbocycles. The molecule has 1 atom stereocenters. The number of carbonyl (C=O) groups excluding carboxylic acids is 1. The van der Waals surface area contributed by atoms with E-state index in [9.17, 15) is 4.79 Å². The zero-order chi connectivity index (χ0) is 17.9. The monoisotopic (exact) mass is 363 g/mol. The van der Waals surface area contributed by atoms with Crippen molar-refractivity contribution in [1.82, 2.24) is 20.2 Å². The molecule has 4 rings (SSSR count). The summed E-state index contributed by atoms with van der Waals surface area (Å²) in [6, 6.07) is 17.3. The fourth-order valence-electron chi connectivity index (χ4n) is 2.75. The van der Waals surface area contributed by atoms with E-state index in [0.29, 0.717) is 17.2 Å². The van der Waals surface area contributed by atoms with Gasteiger partial charge in [0, 0.05) is 16.6 Å². The smallest absolute Gasteiger partial charge is 0.237 e. The highest BCUT2D eigenvalue weighted by molar-refractivity contribution is 8.00. The lowest BCUT2D eigenvalue weighted by molar-refractivity contribution is -0.115. The molecule has 0 aliphatic carbocycles. The minimum Gasteiger partial charge on any atom is -0.338 e. The molecule has 26 heavy (non-hydrogen) atoms. The normalized spacial score (nSPS) is 12.3. The van der Waals surface area contributed by atoms with Crippen molar-refractivity contribution in [3.8, 4) is 0 Å². The van der Waals surface area contributed by atoms with Gasteiger partial charge in [-0.3, -0.25) is 4.79 Å². The summed E-state index contributed by atoms with van der Waals surface area (Å²) >= 11 is 1.32. The molecule has 1 unspecified atom stereocenters. The first-order valence-corrected chi connectivity index (χ1v) is 9.26. The number of rotatable bonds is 5. The van der Waals surface area contributed by atoms with Crippen LogP contribution in [0.1, 0.15) is 13.3 Å². The molecule has 0 spiro atoms. The molecule has 7 heteroatoms. The van der Waals surface area contributed by atoms with Gasteiger partial charge in [0.2, 0.25) is 11.1 Å². The van der Waals surface area contributed by atoms with E-state index in [2.05, 4.69) is 25.5 Å². The van der Waals surface area contributed by atoms with Gasteiger partial charge in [-0.05, 0) is 24.6 Å². The average molecular weight is 363 g/mol. The third-order valence-corrected chi connectivity index (χ3v) is 5.27. The Labute approximate surface area is 154 Å². The molecule has 0 saturated carbocycles. The van der Waals surface area contributed by atoms with E-state index in [1.165, 1.54) is 11.8 Å². The number of hydrogen-bond acceptors (Lipinski definition) is 5. The van der Waals surface area contributed by atoms with E-state index in [0.717, 1.165) is 22.1 Å². The van der Waals surface area contributed by atoms with Crippen LogP contribution < -0.4 is 5.32 Å². The Balaban J connectivity index is 1.56. The molecule has 0 aliphatic rings. The number of fused-ring (bicyclic) bond motifs is 3. The van der Waals surface area contributed by atoms with Crippen LogP contribution in [-0.2, 0) is 4.79 Å². The van der Waals surface area contributed by atoms with Crippen LogP contribution >= 0.6 is 11.8 Å². The van der Waals surface area contributed by atoms with Crippen molar-refractivity contribution >= 4 is 45.4 Å². The van der Waals surface area contributed by atoms with Crippen molar-refractivity contribution < 1.29 is 4.79 Å². The quantitative estimate of drug-likeness (QED) is 0.523. The van der Waals surface area contributed by atoms with Gasteiger partial charge in [0.15, 0.2) is 5.65 Å². The number of aromatic amines is 1. The fourth-order valence-corrected chi connectivity index (χ4v) is 3.57. The summed E-state index contributed by atoms with van der Waals surface area (Å²) < 4.78 is 0. The fraction of sp³-hybridized carbons (Fsp3) is 0.158. The van der Waals surface area contributed by atoms with E-state index < -0.39 is 0 Å². The lowest BCUT2D eigenvalue weighted by Gasteiger charge is -2.13. The van der Waals surface area contributed by atoms with E-state index >= 15 is 0 Å². The predicted octanol–water partition coefficient (Wildman–Crippen LogP) is 4.02. The van der Waals surface area contributed by atoms with Crippen LogP contribution in [-0.4, -0.2) is 31.3 Å².